The van der Waals surface area contributed by atoms with Gasteiger partial charge < -0.3 is 15.8 Å². The van der Waals surface area contributed by atoms with E-state index in [4.69, 9.17) is 38.7 Å². The van der Waals surface area contributed by atoms with Crippen molar-refractivity contribution in [3.63, 3.8) is 0 Å². The molecule has 158 valence electrons. The number of nitrogens with zero attached hydrogens (tertiary/aromatic N) is 4. The van der Waals surface area contributed by atoms with Crippen molar-refractivity contribution in [2.45, 2.75) is 18.9 Å². The Morgan fingerprint density at radius 3 is 2.68 bits per heavy atom. The Labute approximate surface area is 189 Å². The van der Waals surface area contributed by atoms with Gasteiger partial charge in [-0.25, -0.2) is 9.67 Å². The zero-order valence-corrected chi connectivity index (χ0v) is 18.1. The van der Waals surface area contributed by atoms with Gasteiger partial charge in [-0.15, -0.1) is 5.10 Å². The number of aromatic nitrogens is 4. The minimum absolute atomic E-state index is 0.158. The molecule has 0 bridgehead atoms. The lowest BCUT2D eigenvalue weighted by atomic mass is 10.1. The molecular weight excluding hydrogens is 435 g/mol. The van der Waals surface area contributed by atoms with Crippen LogP contribution in [0.2, 0.25) is 10.0 Å². The summed E-state index contributed by atoms with van der Waals surface area (Å²) in [5.41, 5.74) is 9.30. The van der Waals surface area contributed by atoms with Gasteiger partial charge in [0.1, 0.15) is 5.82 Å². The van der Waals surface area contributed by atoms with Crippen LogP contribution in [0.25, 0.3) is 28.0 Å². The summed E-state index contributed by atoms with van der Waals surface area (Å²) in [7, 11) is 0. The van der Waals surface area contributed by atoms with Crippen molar-refractivity contribution in [2.75, 3.05) is 24.2 Å². The van der Waals surface area contributed by atoms with Gasteiger partial charge in [-0.1, -0.05) is 35.3 Å². The normalized spacial score (nSPS) is 16.1. The summed E-state index contributed by atoms with van der Waals surface area (Å²) in [5, 5.41) is 9.86. The molecule has 2 aromatic carbocycles. The lowest BCUT2D eigenvalue weighted by Gasteiger charge is -2.12. The summed E-state index contributed by atoms with van der Waals surface area (Å²) in [4.78, 5) is 9.38. The number of nitrogen functional groups attached to an aromatic ring is 1. The van der Waals surface area contributed by atoms with E-state index in [1.54, 1.807) is 16.8 Å². The van der Waals surface area contributed by atoms with Crippen LogP contribution in [0.5, 0.6) is 0 Å². The molecule has 1 aliphatic rings. The SMILES string of the molecule is Nc1c2c(-c3cccc(Cl)c3)nc(NC[C@H]3CCCO3)nc2nn1-c1ccc(Cl)cc1. The zero-order valence-electron chi connectivity index (χ0n) is 16.6. The van der Waals surface area contributed by atoms with E-state index >= 15 is 0 Å². The standard InChI is InChI=1S/C22H20Cl2N6O/c23-14-6-8-16(9-7-14)30-20(25)18-19(13-3-1-4-15(24)11-13)27-22(28-21(18)29-30)26-12-17-5-2-10-31-17/h1,3-4,6-9,11,17H,2,5,10,12,25H2,(H,26,28,29)/t17-/m1/s1. The highest BCUT2D eigenvalue weighted by Gasteiger charge is 2.21. The fourth-order valence-electron chi connectivity index (χ4n) is 3.72. The van der Waals surface area contributed by atoms with Crippen LogP contribution in [0.1, 0.15) is 12.8 Å². The van der Waals surface area contributed by atoms with E-state index < -0.39 is 0 Å². The highest BCUT2D eigenvalue weighted by molar-refractivity contribution is 6.31. The molecule has 3 N–H and O–H groups in total. The molecule has 1 fully saturated rings. The molecule has 9 heteroatoms. The van der Waals surface area contributed by atoms with E-state index in [1.165, 1.54) is 0 Å². The summed E-state index contributed by atoms with van der Waals surface area (Å²) in [6.45, 7) is 1.43. The van der Waals surface area contributed by atoms with Crippen LogP contribution < -0.4 is 11.1 Å². The van der Waals surface area contributed by atoms with E-state index in [1.807, 2.05) is 36.4 Å². The summed E-state index contributed by atoms with van der Waals surface area (Å²) in [6.07, 6.45) is 2.25. The lowest BCUT2D eigenvalue weighted by Crippen LogP contribution is -2.19. The number of nitrogens with one attached hydrogen (secondary N) is 1. The summed E-state index contributed by atoms with van der Waals surface area (Å²) < 4.78 is 7.34. The van der Waals surface area contributed by atoms with Gasteiger partial charge in [-0.05, 0) is 49.2 Å². The highest BCUT2D eigenvalue weighted by Crippen LogP contribution is 2.34. The number of fused-ring (bicyclic) bond motifs is 1. The molecule has 0 spiro atoms. The van der Waals surface area contributed by atoms with Crippen molar-refractivity contribution >= 4 is 46.0 Å². The van der Waals surface area contributed by atoms with Gasteiger partial charge in [-0.2, -0.15) is 4.98 Å². The molecule has 0 radical (unpaired) electrons. The first kappa shape index (κ1) is 20.1. The smallest absolute Gasteiger partial charge is 0.225 e. The number of benzene rings is 2. The van der Waals surface area contributed by atoms with Gasteiger partial charge in [0, 0.05) is 28.8 Å². The second-order valence-corrected chi connectivity index (χ2v) is 8.27. The van der Waals surface area contributed by atoms with Gasteiger partial charge in [0.15, 0.2) is 5.65 Å². The summed E-state index contributed by atoms with van der Waals surface area (Å²) >= 11 is 12.3. The third-order valence-electron chi connectivity index (χ3n) is 5.25. The van der Waals surface area contributed by atoms with Crippen LogP contribution in [0.15, 0.2) is 48.5 Å². The quantitative estimate of drug-likeness (QED) is 0.442. The fourth-order valence-corrected chi connectivity index (χ4v) is 4.04. The minimum Gasteiger partial charge on any atom is -0.383 e. The number of nitrogens with two attached hydrogens (primary N) is 1. The molecule has 1 saturated heterocycles. The van der Waals surface area contributed by atoms with E-state index in [0.29, 0.717) is 45.1 Å². The Morgan fingerprint density at radius 1 is 1.10 bits per heavy atom. The molecule has 4 aromatic rings. The predicted molar refractivity (Wildman–Crippen MR) is 124 cm³/mol. The molecule has 2 aromatic heterocycles. The maximum Gasteiger partial charge on any atom is 0.225 e. The first-order chi connectivity index (χ1) is 15.1. The van der Waals surface area contributed by atoms with Gasteiger partial charge >= 0.3 is 0 Å². The number of hydrogen-bond donors (Lipinski definition) is 2. The number of rotatable bonds is 5. The molecule has 5 rings (SSSR count). The van der Waals surface area contributed by atoms with Crippen LogP contribution in [-0.2, 0) is 4.74 Å². The Morgan fingerprint density at radius 2 is 1.94 bits per heavy atom. The molecule has 0 unspecified atom stereocenters. The second kappa shape index (κ2) is 8.34. The molecule has 7 nitrogen and oxygen atoms in total. The Kier molecular flexibility index (Phi) is 5.40. The summed E-state index contributed by atoms with van der Waals surface area (Å²) in [5.74, 6) is 0.914. The maximum atomic E-state index is 6.52. The van der Waals surface area contributed by atoms with Crippen molar-refractivity contribution in [1.82, 2.24) is 19.7 Å². The topological polar surface area (TPSA) is 90.9 Å². The van der Waals surface area contributed by atoms with Gasteiger partial charge in [0.05, 0.1) is 22.9 Å². The van der Waals surface area contributed by atoms with Crippen molar-refractivity contribution in [3.8, 4) is 16.9 Å². The molecule has 0 saturated carbocycles. The van der Waals surface area contributed by atoms with E-state index in [2.05, 4.69) is 15.4 Å². The Bertz CT molecular complexity index is 1230. The maximum absolute atomic E-state index is 6.52. The van der Waals surface area contributed by atoms with Crippen LogP contribution in [0.4, 0.5) is 11.8 Å². The minimum atomic E-state index is 0.158. The number of anilines is 2. The second-order valence-electron chi connectivity index (χ2n) is 7.39. The van der Waals surface area contributed by atoms with Crippen LogP contribution >= 0.6 is 23.2 Å². The summed E-state index contributed by atoms with van der Waals surface area (Å²) in [6, 6.07) is 14.8. The third kappa shape index (κ3) is 4.04. The van der Waals surface area contributed by atoms with Crippen LogP contribution in [-0.4, -0.2) is 39.0 Å². The number of ether oxygens (including phenoxy) is 1. The van der Waals surface area contributed by atoms with Crippen molar-refractivity contribution in [1.29, 1.82) is 0 Å². The molecular formula is C22H20Cl2N6O. The van der Waals surface area contributed by atoms with Crippen molar-refractivity contribution in [2.24, 2.45) is 0 Å². The molecule has 1 aliphatic heterocycles. The van der Waals surface area contributed by atoms with Gasteiger partial charge in [0.2, 0.25) is 5.95 Å². The first-order valence-corrected chi connectivity index (χ1v) is 10.8. The van der Waals surface area contributed by atoms with Crippen LogP contribution in [0, 0.1) is 0 Å². The molecule has 0 aliphatic carbocycles. The van der Waals surface area contributed by atoms with E-state index in [9.17, 15) is 0 Å². The molecule has 0 amide bonds. The Hall–Kier alpha value is -2.87. The van der Waals surface area contributed by atoms with Crippen molar-refractivity contribution in [3.05, 3.63) is 58.6 Å². The van der Waals surface area contributed by atoms with Crippen molar-refractivity contribution < 1.29 is 4.74 Å². The highest BCUT2D eigenvalue weighted by atomic mass is 35.5. The monoisotopic (exact) mass is 454 g/mol. The van der Waals surface area contributed by atoms with E-state index in [0.717, 1.165) is 30.7 Å². The first-order valence-electron chi connectivity index (χ1n) is 10.0. The lowest BCUT2D eigenvalue weighted by molar-refractivity contribution is 0.120. The largest absolute Gasteiger partial charge is 0.383 e. The van der Waals surface area contributed by atoms with E-state index in [-0.39, 0.29) is 6.10 Å². The molecule has 1 atom stereocenters. The average molecular weight is 455 g/mol. The Balaban J connectivity index is 1.63. The number of hydrogen-bond acceptors (Lipinski definition) is 6. The zero-order chi connectivity index (χ0) is 21.4. The van der Waals surface area contributed by atoms with Gasteiger partial charge in [0.25, 0.3) is 0 Å². The third-order valence-corrected chi connectivity index (χ3v) is 5.74. The fraction of sp³-hybridized carbons (Fsp3) is 0.227. The predicted octanol–water partition coefficient (Wildman–Crippen LogP) is 4.96. The molecule has 31 heavy (non-hydrogen) atoms. The average Bonchev–Trinajstić information content (AvgIpc) is 3.40. The molecule has 3 heterocycles. The van der Waals surface area contributed by atoms with Crippen LogP contribution in [0.3, 0.4) is 0 Å². The number of halogens is 2. The van der Waals surface area contributed by atoms with Gasteiger partial charge in [-0.3, -0.25) is 0 Å².